The van der Waals surface area contributed by atoms with Crippen molar-refractivity contribution in [2.45, 2.75) is 25.9 Å². The number of alkyl halides is 2. The number of halogens is 3. The highest BCUT2D eigenvalue weighted by Gasteiger charge is 2.21. The first-order valence-electron chi connectivity index (χ1n) is 7.71. The fourth-order valence-corrected chi connectivity index (χ4v) is 2.55. The topological polar surface area (TPSA) is 41.6 Å². The highest BCUT2D eigenvalue weighted by molar-refractivity contribution is 5.94. The maximum absolute atomic E-state index is 13.9. The third-order valence-corrected chi connectivity index (χ3v) is 3.90. The normalized spacial score (nSPS) is 19.1. The third-order valence-electron chi connectivity index (χ3n) is 3.90. The molecule has 1 atom stereocenters. The van der Waals surface area contributed by atoms with E-state index in [9.17, 15) is 18.0 Å². The lowest BCUT2D eigenvalue weighted by Gasteiger charge is -2.32. The van der Waals surface area contributed by atoms with Crippen LogP contribution in [0.1, 0.15) is 35.7 Å². The molecule has 7 heteroatoms. The lowest BCUT2D eigenvalue weighted by Crippen LogP contribution is -2.45. The van der Waals surface area contributed by atoms with Crippen molar-refractivity contribution in [3.8, 4) is 0 Å². The number of carbonyl (C=O) groups is 1. The van der Waals surface area contributed by atoms with Gasteiger partial charge in [-0.05, 0) is 12.5 Å². The predicted octanol–water partition coefficient (Wildman–Crippen LogP) is 2.60. The summed E-state index contributed by atoms with van der Waals surface area (Å²) in [6, 6.07) is 3.45. The summed E-state index contributed by atoms with van der Waals surface area (Å²) in [6.45, 7) is 5.21. The van der Waals surface area contributed by atoms with Gasteiger partial charge in [0, 0.05) is 26.2 Å². The average molecular weight is 330 g/mol. The first-order chi connectivity index (χ1) is 11.0. The molecule has 0 spiro atoms. The fraction of sp³-hybridized carbons (Fsp3) is 0.562. The molecule has 1 aliphatic rings. The molecule has 0 aliphatic carbocycles. The molecule has 1 aromatic carbocycles. The molecule has 1 aliphatic heterocycles. The maximum Gasteiger partial charge on any atom is 0.266 e. The highest BCUT2D eigenvalue weighted by Crippen LogP contribution is 2.23. The van der Waals surface area contributed by atoms with Gasteiger partial charge in [0.05, 0.1) is 23.8 Å². The van der Waals surface area contributed by atoms with E-state index in [0.29, 0.717) is 19.7 Å². The number of rotatable bonds is 6. The zero-order chi connectivity index (χ0) is 16.8. The molecule has 4 nitrogen and oxygen atoms in total. The van der Waals surface area contributed by atoms with Gasteiger partial charge >= 0.3 is 0 Å². The smallest absolute Gasteiger partial charge is 0.266 e. The molecular weight excluding hydrogens is 309 g/mol. The predicted molar refractivity (Wildman–Crippen MR) is 80.2 cm³/mol. The van der Waals surface area contributed by atoms with Gasteiger partial charge in [-0.2, -0.15) is 0 Å². The summed E-state index contributed by atoms with van der Waals surface area (Å²) in [5, 5.41) is 2.58. The Morgan fingerprint density at radius 3 is 2.96 bits per heavy atom. The molecule has 0 radical (unpaired) electrons. The Morgan fingerprint density at radius 1 is 1.48 bits per heavy atom. The summed E-state index contributed by atoms with van der Waals surface area (Å²) in [5.41, 5.74) is -1.10. The number of nitrogens with zero attached hydrogens (tertiary/aromatic N) is 1. The van der Waals surface area contributed by atoms with Crippen molar-refractivity contribution in [1.29, 1.82) is 0 Å². The Bertz CT molecular complexity index is 540. The molecule has 1 aromatic rings. The summed E-state index contributed by atoms with van der Waals surface area (Å²) in [7, 11) is 0. The van der Waals surface area contributed by atoms with Crippen LogP contribution in [0.5, 0.6) is 0 Å². The second-order valence-electron chi connectivity index (χ2n) is 5.47. The average Bonchev–Trinajstić information content (AvgIpc) is 2.54. The SMILES string of the molecule is CCC1CN(CCNC(=O)c2cccc(C(F)F)c2F)CCO1. The van der Waals surface area contributed by atoms with Crippen LogP contribution in [0.2, 0.25) is 0 Å². The monoisotopic (exact) mass is 330 g/mol. The van der Waals surface area contributed by atoms with Crippen LogP contribution in [0.3, 0.4) is 0 Å². The minimum atomic E-state index is -2.94. The first-order valence-corrected chi connectivity index (χ1v) is 7.71. The molecule has 1 heterocycles. The molecule has 1 saturated heterocycles. The lowest BCUT2D eigenvalue weighted by molar-refractivity contribution is -0.0289. The van der Waals surface area contributed by atoms with Crippen molar-refractivity contribution >= 4 is 5.91 Å². The molecule has 0 bridgehead atoms. The molecule has 128 valence electrons. The molecule has 0 saturated carbocycles. The Balaban J connectivity index is 1.87. The van der Waals surface area contributed by atoms with Crippen molar-refractivity contribution in [3.63, 3.8) is 0 Å². The minimum absolute atomic E-state index is 0.194. The van der Waals surface area contributed by atoms with Crippen molar-refractivity contribution in [2.24, 2.45) is 0 Å². The maximum atomic E-state index is 13.9. The molecule has 2 rings (SSSR count). The van der Waals surface area contributed by atoms with E-state index in [1.807, 2.05) is 0 Å². The zero-order valence-electron chi connectivity index (χ0n) is 13.0. The number of ether oxygens (including phenoxy) is 1. The van der Waals surface area contributed by atoms with E-state index < -0.39 is 23.7 Å². The standard InChI is InChI=1S/C16H21F3N2O2/c1-2-11-10-21(8-9-23-11)7-6-20-16(22)13-5-3-4-12(14(13)17)15(18)19/h3-5,11,15H,2,6-10H2,1H3,(H,20,22). The lowest BCUT2D eigenvalue weighted by atomic mass is 10.1. The van der Waals surface area contributed by atoms with E-state index in [0.717, 1.165) is 25.6 Å². The molecule has 1 amide bonds. The van der Waals surface area contributed by atoms with Crippen molar-refractivity contribution in [3.05, 3.63) is 35.1 Å². The number of morpholine rings is 1. The van der Waals surface area contributed by atoms with Gasteiger partial charge in [0.2, 0.25) is 0 Å². The van der Waals surface area contributed by atoms with E-state index in [2.05, 4.69) is 17.1 Å². The summed E-state index contributed by atoms with van der Waals surface area (Å²) >= 11 is 0. The number of carbonyl (C=O) groups excluding carboxylic acids is 1. The van der Waals surface area contributed by atoms with E-state index in [1.165, 1.54) is 12.1 Å². The van der Waals surface area contributed by atoms with E-state index in [4.69, 9.17) is 4.74 Å². The molecule has 1 N–H and O–H groups in total. The number of amides is 1. The van der Waals surface area contributed by atoms with Gasteiger partial charge in [0.25, 0.3) is 12.3 Å². The van der Waals surface area contributed by atoms with Gasteiger partial charge in [-0.15, -0.1) is 0 Å². The van der Waals surface area contributed by atoms with Crippen LogP contribution in [0.25, 0.3) is 0 Å². The van der Waals surface area contributed by atoms with Crippen LogP contribution in [0.4, 0.5) is 13.2 Å². The number of hydrogen-bond acceptors (Lipinski definition) is 3. The first kappa shape index (κ1) is 17.7. The minimum Gasteiger partial charge on any atom is -0.376 e. The summed E-state index contributed by atoms with van der Waals surface area (Å²) in [5.74, 6) is -1.83. The van der Waals surface area contributed by atoms with Gasteiger partial charge in [0.1, 0.15) is 5.82 Å². The highest BCUT2D eigenvalue weighted by atomic mass is 19.3. The summed E-state index contributed by atoms with van der Waals surface area (Å²) < 4.78 is 44.7. The Morgan fingerprint density at radius 2 is 2.26 bits per heavy atom. The number of hydrogen-bond donors (Lipinski definition) is 1. The number of benzene rings is 1. The Kier molecular flexibility index (Phi) is 6.41. The van der Waals surface area contributed by atoms with Crippen LogP contribution in [-0.4, -0.2) is 49.7 Å². The van der Waals surface area contributed by atoms with Gasteiger partial charge in [0.15, 0.2) is 0 Å². The van der Waals surface area contributed by atoms with Crippen LogP contribution in [0, 0.1) is 5.82 Å². The van der Waals surface area contributed by atoms with E-state index >= 15 is 0 Å². The molecule has 1 fully saturated rings. The van der Waals surface area contributed by atoms with Gasteiger partial charge < -0.3 is 10.1 Å². The van der Waals surface area contributed by atoms with Crippen LogP contribution in [-0.2, 0) is 4.74 Å². The van der Waals surface area contributed by atoms with Crippen LogP contribution < -0.4 is 5.32 Å². The van der Waals surface area contributed by atoms with Crippen molar-refractivity contribution < 1.29 is 22.7 Å². The second-order valence-corrected chi connectivity index (χ2v) is 5.47. The van der Waals surface area contributed by atoms with E-state index in [1.54, 1.807) is 0 Å². The van der Waals surface area contributed by atoms with Gasteiger partial charge in [-0.3, -0.25) is 9.69 Å². The van der Waals surface area contributed by atoms with Crippen LogP contribution in [0.15, 0.2) is 18.2 Å². The van der Waals surface area contributed by atoms with Gasteiger partial charge in [-0.1, -0.05) is 19.1 Å². The molecule has 0 aromatic heterocycles. The van der Waals surface area contributed by atoms with Gasteiger partial charge in [-0.25, -0.2) is 13.2 Å². The number of nitrogens with one attached hydrogen (secondary N) is 1. The quantitative estimate of drug-likeness (QED) is 0.872. The summed E-state index contributed by atoms with van der Waals surface area (Å²) in [4.78, 5) is 14.1. The van der Waals surface area contributed by atoms with Crippen molar-refractivity contribution in [2.75, 3.05) is 32.8 Å². The molecular formula is C16H21F3N2O2. The van der Waals surface area contributed by atoms with Crippen molar-refractivity contribution in [1.82, 2.24) is 10.2 Å². The third kappa shape index (κ3) is 4.68. The fourth-order valence-electron chi connectivity index (χ4n) is 2.55. The molecule has 1 unspecified atom stereocenters. The Hall–Kier alpha value is -1.60. The molecule has 23 heavy (non-hydrogen) atoms. The van der Waals surface area contributed by atoms with E-state index in [-0.39, 0.29) is 11.7 Å². The Labute approximate surface area is 133 Å². The van der Waals surface area contributed by atoms with Crippen LogP contribution >= 0.6 is 0 Å². The second kappa shape index (κ2) is 8.31. The zero-order valence-corrected chi connectivity index (χ0v) is 13.0. The largest absolute Gasteiger partial charge is 0.376 e. The summed E-state index contributed by atoms with van der Waals surface area (Å²) in [6.07, 6.45) is -1.82.